The molecule has 1 heterocycles. The number of halogens is 1. The van der Waals surface area contributed by atoms with Gasteiger partial charge in [-0.05, 0) is 68.7 Å². The zero-order valence-corrected chi connectivity index (χ0v) is 20.2. The highest BCUT2D eigenvalue weighted by molar-refractivity contribution is 6.46. The zero-order valence-electron chi connectivity index (χ0n) is 19.4. The van der Waals surface area contributed by atoms with Gasteiger partial charge in [-0.1, -0.05) is 30.7 Å². The van der Waals surface area contributed by atoms with Crippen molar-refractivity contribution in [1.82, 2.24) is 4.90 Å². The quantitative estimate of drug-likeness (QED) is 0.306. The van der Waals surface area contributed by atoms with Crippen LogP contribution in [0.3, 0.4) is 0 Å². The Bertz CT molecular complexity index is 1050. The Balaban J connectivity index is 2.05. The summed E-state index contributed by atoms with van der Waals surface area (Å²) in [4.78, 5) is 27.5. The SMILES string of the molecule is CCCOc1ccc(/C(O)=C2/C(=O)C(=O)N(CCOC(C)C)C2c2ccc(Cl)cc2)cc1C. The predicted octanol–water partition coefficient (Wildman–Crippen LogP) is 5.28. The highest BCUT2D eigenvalue weighted by Gasteiger charge is 2.45. The highest BCUT2D eigenvalue weighted by atomic mass is 35.5. The summed E-state index contributed by atoms with van der Waals surface area (Å²) >= 11 is 6.05. The lowest BCUT2D eigenvalue weighted by molar-refractivity contribution is -0.140. The number of rotatable bonds is 9. The molecule has 1 aliphatic rings. The standard InChI is InChI=1S/C26H30ClNO5/c1-5-13-33-21-11-8-19(15-17(21)4)24(29)22-23(18-6-9-20(27)10-7-18)28(26(31)25(22)30)12-14-32-16(2)3/h6-11,15-16,23,29H,5,12-14H2,1-4H3/b24-22-. The van der Waals surface area contributed by atoms with Crippen LogP contribution in [0.2, 0.25) is 5.02 Å². The number of amides is 1. The van der Waals surface area contributed by atoms with Gasteiger partial charge in [0.2, 0.25) is 0 Å². The Morgan fingerprint density at radius 3 is 2.42 bits per heavy atom. The molecule has 2 aromatic rings. The molecule has 0 radical (unpaired) electrons. The molecule has 1 N–H and O–H groups in total. The molecule has 0 spiro atoms. The van der Waals surface area contributed by atoms with Crippen LogP contribution in [0.1, 0.15) is 49.9 Å². The van der Waals surface area contributed by atoms with Crippen LogP contribution in [0.25, 0.3) is 5.76 Å². The third-order valence-electron chi connectivity index (χ3n) is 5.42. The molecule has 1 unspecified atom stereocenters. The average molecular weight is 472 g/mol. The molecule has 0 bridgehead atoms. The number of carbonyl (C=O) groups excluding carboxylic acids is 2. The van der Waals surface area contributed by atoms with Crippen LogP contribution in [-0.2, 0) is 14.3 Å². The van der Waals surface area contributed by atoms with Crippen LogP contribution in [0, 0.1) is 6.92 Å². The predicted molar refractivity (Wildman–Crippen MR) is 129 cm³/mol. The van der Waals surface area contributed by atoms with E-state index in [1.54, 1.807) is 42.5 Å². The summed E-state index contributed by atoms with van der Waals surface area (Å²) in [5.41, 5.74) is 2.01. The molecule has 0 aromatic heterocycles. The number of benzene rings is 2. The van der Waals surface area contributed by atoms with Crippen LogP contribution in [-0.4, -0.2) is 47.6 Å². The summed E-state index contributed by atoms with van der Waals surface area (Å²) in [6.07, 6.45) is 0.874. The van der Waals surface area contributed by atoms with Gasteiger partial charge in [0.05, 0.1) is 30.9 Å². The van der Waals surface area contributed by atoms with E-state index in [9.17, 15) is 14.7 Å². The molecule has 0 aliphatic carbocycles. The molecule has 1 aliphatic heterocycles. The van der Waals surface area contributed by atoms with E-state index in [1.165, 1.54) is 4.90 Å². The van der Waals surface area contributed by atoms with E-state index >= 15 is 0 Å². The maximum atomic E-state index is 13.1. The van der Waals surface area contributed by atoms with Crippen molar-refractivity contribution in [2.45, 2.75) is 46.3 Å². The lowest BCUT2D eigenvalue weighted by atomic mass is 9.95. The number of likely N-dealkylation sites (tertiary alicyclic amines) is 1. The smallest absolute Gasteiger partial charge is 0.295 e. The van der Waals surface area contributed by atoms with Crippen LogP contribution in [0.5, 0.6) is 5.75 Å². The van der Waals surface area contributed by atoms with Gasteiger partial charge in [-0.3, -0.25) is 9.59 Å². The van der Waals surface area contributed by atoms with Gasteiger partial charge in [-0.15, -0.1) is 0 Å². The summed E-state index contributed by atoms with van der Waals surface area (Å²) in [6, 6.07) is 11.4. The van der Waals surface area contributed by atoms with E-state index < -0.39 is 17.7 Å². The second-order valence-corrected chi connectivity index (χ2v) is 8.73. The fourth-order valence-electron chi connectivity index (χ4n) is 3.82. The molecule has 7 heteroatoms. The van der Waals surface area contributed by atoms with Crippen molar-refractivity contribution >= 4 is 29.1 Å². The number of aliphatic hydroxyl groups is 1. The van der Waals surface area contributed by atoms with Crippen molar-refractivity contribution in [3.8, 4) is 5.75 Å². The first kappa shape index (κ1) is 24.8. The number of aryl methyl sites for hydroxylation is 1. The van der Waals surface area contributed by atoms with Crippen molar-refractivity contribution in [3.63, 3.8) is 0 Å². The van der Waals surface area contributed by atoms with Crippen LogP contribution < -0.4 is 4.74 Å². The van der Waals surface area contributed by atoms with Crippen molar-refractivity contribution in [3.05, 3.63) is 69.8 Å². The summed E-state index contributed by atoms with van der Waals surface area (Å²) in [5.74, 6) is -0.885. The van der Waals surface area contributed by atoms with Gasteiger partial charge in [0, 0.05) is 17.1 Å². The number of ether oxygens (including phenoxy) is 2. The third kappa shape index (κ3) is 5.57. The molecule has 3 rings (SSSR count). The second kappa shape index (κ2) is 10.9. The molecule has 6 nitrogen and oxygen atoms in total. The van der Waals surface area contributed by atoms with Crippen molar-refractivity contribution in [1.29, 1.82) is 0 Å². The van der Waals surface area contributed by atoms with Crippen LogP contribution in [0.15, 0.2) is 48.0 Å². The number of Topliss-reactive ketones (excluding diaryl/α,β-unsaturated/α-hetero) is 1. The number of ketones is 1. The van der Waals surface area contributed by atoms with Crippen LogP contribution >= 0.6 is 11.6 Å². The zero-order chi connectivity index (χ0) is 24.1. The van der Waals surface area contributed by atoms with E-state index in [-0.39, 0.29) is 30.6 Å². The van der Waals surface area contributed by atoms with E-state index in [0.29, 0.717) is 28.5 Å². The topological polar surface area (TPSA) is 76.1 Å². The largest absolute Gasteiger partial charge is 0.507 e. The van der Waals surface area contributed by atoms with E-state index in [1.807, 2.05) is 27.7 Å². The first-order chi connectivity index (χ1) is 15.7. The lowest BCUT2D eigenvalue weighted by Crippen LogP contribution is -2.33. The summed E-state index contributed by atoms with van der Waals surface area (Å²) in [5, 5.41) is 11.7. The molecule has 1 saturated heterocycles. The van der Waals surface area contributed by atoms with Gasteiger partial charge in [-0.25, -0.2) is 0 Å². The molecule has 1 atom stereocenters. The normalized spacial score (nSPS) is 17.8. The maximum Gasteiger partial charge on any atom is 0.295 e. The maximum absolute atomic E-state index is 13.1. The lowest BCUT2D eigenvalue weighted by Gasteiger charge is -2.25. The number of nitrogens with zero attached hydrogens (tertiary/aromatic N) is 1. The minimum absolute atomic E-state index is 0.00720. The van der Waals surface area contributed by atoms with Gasteiger partial charge < -0.3 is 19.5 Å². The van der Waals surface area contributed by atoms with E-state index in [0.717, 1.165) is 12.0 Å². The van der Waals surface area contributed by atoms with Crippen LogP contribution in [0.4, 0.5) is 0 Å². The summed E-state index contributed by atoms with van der Waals surface area (Å²) in [6.45, 7) is 8.79. The number of hydrogen-bond donors (Lipinski definition) is 1. The fraction of sp³-hybridized carbons (Fsp3) is 0.385. The first-order valence-electron chi connectivity index (χ1n) is 11.1. The minimum Gasteiger partial charge on any atom is -0.507 e. The Morgan fingerprint density at radius 2 is 1.82 bits per heavy atom. The molecule has 0 saturated carbocycles. The van der Waals surface area contributed by atoms with Gasteiger partial charge in [0.1, 0.15) is 11.5 Å². The summed E-state index contributed by atoms with van der Waals surface area (Å²) < 4.78 is 11.3. The molecule has 176 valence electrons. The molecule has 33 heavy (non-hydrogen) atoms. The third-order valence-corrected chi connectivity index (χ3v) is 5.67. The molecular formula is C26H30ClNO5. The fourth-order valence-corrected chi connectivity index (χ4v) is 3.94. The van der Waals surface area contributed by atoms with Gasteiger partial charge in [-0.2, -0.15) is 0 Å². The Labute approximate surface area is 199 Å². The molecule has 1 fully saturated rings. The minimum atomic E-state index is -0.741. The number of hydrogen-bond acceptors (Lipinski definition) is 5. The van der Waals surface area contributed by atoms with Gasteiger partial charge in [0.25, 0.3) is 11.7 Å². The summed E-state index contributed by atoms with van der Waals surface area (Å²) in [7, 11) is 0. The second-order valence-electron chi connectivity index (χ2n) is 8.29. The van der Waals surface area contributed by atoms with Crippen molar-refractivity contribution < 1.29 is 24.2 Å². The Hall–Kier alpha value is -2.83. The van der Waals surface area contributed by atoms with Gasteiger partial charge in [0.15, 0.2) is 0 Å². The first-order valence-corrected chi connectivity index (χ1v) is 11.5. The van der Waals surface area contributed by atoms with Crippen molar-refractivity contribution in [2.75, 3.05) is 19.8 Å². The van der Waals surface area contributed by atoms with E-state index in [2.05, 4.69) is 0 Å². The van der Waals surface area contributed by atoms with Gasteiger partial charge >= 0.3 is 0 Å². The Morgan fingerprint density at radius 1 is 1.12 bits per heavy atom. The number of aliphatic hydroxyl groups excluding tert-OH is 1. The highest BCUT2D eigenvalue weighted by Crippen LogP contribution is 2.40. The van der Waals surface area contributed by atoms with Crippen molar-refractivity contribution in [2.24, 2.45) is 0 Å². The molecular weight excluding hydrogens is 442 g/mol. The molecule has 2 aromatic carbocycles. The Kier molecular flexibility index (Phi) is 8.16. The monoisotopic (exact) mass is 471 g/mol. The number of carbonyl (C=O) groups is 2. The van der Waals surface area contributed by atoms with E-state index in [4.69, 9.17) is 21.1 Å². The average Bonchev–Trinajstić information content (AvgIpc) is 3.03. The molecule has 1 amide bonds.